The molecule has 4 nitrogen and oxygen atoms in total. The van der Waals surface area contributed by atoms with E-state index in [1.165, 1.54) is 0 Å². The van der Waals surface area contributed by atoms with E-state index in [-0.39, 0.29) is 12.0 Å². The van der Waals surface area contributed by atoms with Crippen LogP contribution in [0, 0.1) is 6.92 Å². The molecule has 1 unspecified atom stereocenters. The van der Waals surface area contributed by atoms with Gasteiger partial charge in [0.1, 0.15) is 0 Å². The predicted octanol–water partition coefficient (Wildman–Crippen LogP) is 1.24. The van der Waals surface area contributed by atoms with Crippen LogP contribution in [0.3, 0.4) is 0 Å². The summed E-state index contributed by atoms with van der Waals surface area (Å²) in [5.41, 5.74) is 2.77. The summed E-state index contributed by atoms with van der Waals surface area (Å²) in [7, 11) is 1.86. The van der Waals surface area contributed by atoms with Crippen molar-refractivity contribution in [1.29, 1.82) is 0 Å². The van der Waals surface area contributed by atoms with Crippen LogP contribution in [0.2, 0.25) is 0 Å². The Labute approximate surface area is 101 Å². The van der Waals surface area contributed by atoms with E-state index in [9.17, 15) is 9.90 Å². The second-order valence-corrected chi connectivity index (χ2v) is 4.47. The molecule has 1 aliphatic rings. The third kappa shape index (κ3) is 2.42. The minimum atomic E-state index is -0.364. The first kappa shape index (κ1) is 11.9. The zero-order valence-electron chi connectivity index (χ0n) is 10.2. The SMILES string of the molecule is CNc1ccc(C(=O)N2CCC(O)C2)cc1C. The minimum Gasteiger partial charge on any atom is -0.391 e. The Morgan fingerprint density at radius 3 is 2.82 bits per heavy atom. The minimum absolute atomic E-state index is 0.00676. The number of carbonyl (C=O) groups is 1. The van der Waals surface area contributed by atoms with Crippen molar-refractivity contribution in [2.24, 2.45) is 0 Å². The molecular formula is C13H18N2O2. The third-order valence-corrected chi connectivity index (χ3v) is 3.19. The molecule has 0 bridgehead atoms. The summed E-state index contributed by atoms with van der Waals surface area (Å²) in [5, 5.41) is 12.5. The summed E-state index contributed by atoms with van der Waals surface area (Å²) in [6.07, 6.45) is 0.316. The average Bonchev–Trinajstić information content (AvgIpc) is 2.75. The lowest BCUT2D eigenvalue weighted by Gasteiger charge is -2.16. The number of carbonyl (C=O) groups excluding carboxylic acids is 1. The molecule has 1 atom stereocenters. The molecule has 1 aliphatic heterocycles. The lowest BCUT2D eigenvalue weighted by molar-refractivity contribution is 0.0765. The summed E-state index contributed by atoms with van der Waals surface area (Å²) in [5.74, 6) is 0.00676. The van der Waals surface area contributed by atoms with Gasteiger partial charge in [0.05, 0.1) is 6.10 Å². The fraction of sp³-hybridized carbons (Fsp3) is 0.462. The summed E-state index contributed by atoms with van der Waals surface area (Å²) >= 11 is 0. The van der Waals surface area contributed by atoms with E-state index in [1.54, 1.807) is 4.90 Å². The maximum absolute atomic E-state index is 12.1. The molecule has 4 heteroatoms. The van der Waals surface area contributed by atoms with Crippen LogP contribution < -0.4 is 5.32 Å². The number of aliphatic hydroxyl groups is 1. The monoisotopic (exact) mass is 234 g/mol. The van der Waals surface area contributed by atoms with E-state index in [0.717, 1.165) is 11.3 Å². The summed E-state index contributed by atoms with van der Waals surface area (Å²) in [6.45, 7) is 3.07. The lowest BCUT2D eigenvalue weighted by atomic mass is 10.1. The van der Waals surface area contributed by atoms with E-state index in [2.05, 4.69) is 5.32 Å². The molecular weight excluding hydrogens is 216 g/mol. The van der Waals surface area contributed by atoms with Gasteiger partial charge >= 0.3 is 0 Å². The largest absolute Gasteiger partial charge is 0.391 e. The molecule has 0 spiro atoms. The zero-order chi connectivity index (χ0) is 12.4. The van der Waals surface area contributed by atoms with Crippen LogP contribution >= 0.6 is 0 Å². The Morgan fingerprint density at radius 1 is 1.53 bits per heavy atom. The standard InChI is InChI=1S/C13H18N2O2/c1-9-7-10(3-4-12(9)14-2)13(17)15-6-5-11(16)8-15/h3-4,7,11,14,16H,5-6,8H2,1-2H3. The highest BCUT2D eigenvalue weighted by Crippen LogP contribution is 2.19. The van der Waals surface area contributed by atoms with Gasteiger partial charge < -0.3 is 15.3 Å². The van der Waals surface area contributed by atoms with Gasteiger partial charge in [-0.25, -0.2) is 0 Å². The molecule has 1 aromatic carbocycles. The first-order valence-corrected chi connectivity index (χ1v) is 5.87. The number of aryl methyl sites for hydroxylation is 1. The summed E-state index contributed by atoms with van der Waals surface area (Å²) in [4.78, 5) is 13.8. The van der Waals surface area contributed by atoms with Gasteiger partial charge in [0, 0.05) is 31.4 Å². The van der Waals surface area contributed by atoms with Crippen molar-refractivity contribution in [1.82, 2.24) is 4.90 Å². The molecule has 2 N–H and O–H groups in total. The Kier molecular flexibility index (Phi) is 3.33. The van der Waals surface area contributed by atoms with E-state index < -0.39 is 0 Å². The van der Waals surface area contributed by atoms with Crippen molar-refractivity contribution < 1.29 is 9.90 Å². The molecule has 17 heavy (non-hydrogen) atoms. The van der Waals surface area contributed by atoms with Crippen molar-refractivity contribution in [3.8, 4) is 0 Å². The Hall–Kier alpha value is -1.55. The van der Waals surface area contributed by atoms with Gasteiger partial charge in [0.15, 0.2) is 0 Å². The van der Waals surface area contributed by atoms with Crippen LogP contribution in [0.25, 0.3) is 0 Å². The van der Waals surface area contributed by atoms with E-state index in [1.807, 2.05) is 32.2 Å². The lowest BCUT2D eigenvalue weighted by Crippen LogP contribution is -2.29. The van der Waals surface area contributed by atoms with Crippen LogP contribution in [0.4, 0.5) is 5.69 Å². The highest BCUT2D eigenvalue weighted by Gasteiger charge is 2.25. The molecule has 0 radical (unpaired) electrons. The first-order chi connectivity index (χ1) is 8.11. The predicted molar refractivity (Wildman–Crippen MR) is 67.3 cm³/mol. The molecule has 0 saturated carbocycles. The highest BCUT2D eigenvalue weighted by atomic mass is 16.3. The first-order valence-electron chi connectivity index (χ1n) is 5.87. The highest BCUT2D eigenvalue weighted by molar-refractivity contribution is 5.95. The van der Waals surface area contributed by atoms with Gasteiger partial charge in [0.2, 0.25) is 0 Å². The number of nitrogens with one attached hydrogen (secondary N) is 1. The molecule has 2 rings (SSSR count). The number of likely N-dealkylation sites (tertiary alicyclic amines) is 1. The van der Waals surface area contributed by atoms with Crippen LogP contribution in [0.5, 0.6) is 0 Å². The molecule has 1 heterocycles. The van der Waals surface area contributed by atoms with Gasteiger partial charge in [-0.15, -0.1) is 0 Å². The van der Waals surface area contributed by atoms with Crippen molar-refractivity contribution in [2.75, 3.05) is 25.5 Å². The normalized spacial score (nSPS) is 19.5. The Bertz CT molecular complexity index is 431. The molecule has 1 fully saturated rings. The van der Waals surface area contributed by atoms with E-state index in [0.29, 0.717) is 25.1 Å². The number of amides is 1. The maximum Gasteiger partial charge on any atom is 0.253 e. The van der Waals surface area contributed by atoms with Crippen LogP contribution in [-0.2, 0) is 0 Å². The number of anilines is 1. The van der Waals surface area contributed by atoms with Gasteiger partial charge in [0.25, 0.3) is 5.91 Å². The molecule has 92 valence electrons. The smallest absolute Gasteiger partial charge is 0.253 e. The molecule has 0 aliphatic carbocycles. The van der Waals surface area contributed by atoms with Crippen molar-refractivity contribution >= 4 is 11.6 Å². The quantitative estimate of drug-likeness (QED) is 0.809. The maximum atomic E-state index is 12.1. The molecule has 0 aromatic heterocycles. The summed E-state index contributed by atoms with van der Waals surface area (Å²) < 4.78 is 0. The van der Waals surface area contributed by atoms with Crippen molar-refractivity contribution in [3.63, 3.8) is 0 Å². The topological polar surface area (TPSA) is 52.6 Å². The van der Waals surface area contributed by atoms with Gasteiger partial charge in [-0.2, -0.15) is 0 Å². The van der Waals surface area contributed by atoms with E-state index in [4.69, 9.17) is 0 Å². The van der Waals surface area contributed by atoms with Crippen LogP contribution in [-0.4, -0.2) is 42.2 Å². The Balaban J connectivity index is 2.17. The number of benzene rings is 1. The third-order valence-electron chi connectivity index (χ3n) is 3.19. The number of hydrogen-bond donors (Lipinski definition) is 2. The van der Waals surface area contributed by atoms with Crippen LogP contribution in [0.15, 0.2) is 18.2 Å². The Morgan fingerprint density at radius 2 is 2.29 bits per heavy atom. The zero-order valence-corrected chi connectivity index (χ0v) is 10.2. The molecule has 1 aromatic rings. The average molecular weight is 234 g/mol. The number of hydrogen-bond acceptors (Lipinski definition) is 3. The summed E-state index contributed by atoms with van der Waals surface area (Å²) in [6, 6.07) is 5.62. The van der Waals surface area contributed by atoms with Crippen molar-refractivity contribution in [3.05, 3.63) is 29.3 Å². The molecule has 1 amide bonds. The fourth-order valence-electron chi connectivity index (χ4n) is 2.19. The number of β-amino-alcohol motifs (C(OH)–C–C–N with tert-alkyl or cyclic N) is 1. The number of nitrogens with zero attached hydrogens (tertiary/aromatic N) is 1. The number of aliphatic hydroxyl groups excluding tert-OH is 1. The van der Waals surface area contributed by atoms with Gasteiger partial charge in [-0.3, -0.25) is 4.79 Å². The van der Waals surface area contributed by atoms with Gasteiger partial charge in [-0.1, -0.05) is 0 Å². The van der Waals surface area contributed by atoms with Crippen LogP contribution in [0.1, 0.15) is 22.3 Å². The van der Waals surface area contributed by atoms with Crippen molar-refractivity contribution in [2.45, 2.75) is 19.4 Å². The number of rotatable bonds is 2. The van der Waals surface area contributed by atoms with E-state index >= 15 is 0 Å². The fourth-order valence-corrected chi connectivity index (χ4v) is 2.19. The second kappa shape index (κ2) is 4.75. The second-order valence-electron chi connectivity index (χ2n) is 4.47. The van der Waals surface area contributed by atoms with Gasteiger partial charge in [-0.05, 0) is 37.1 Å². The molecule has 1 saturated heterocycles.